The Labute approximate surface area is 134 Å². The van der Waals surface area contributed by atoms with E-state index in [0.717, 1.165) is 0 Å². The minimum absolute atomic E-state index is 0.0457. The summed E-state index contributed by atoms with van der Waals surface area (Å²) in [5.41, 5.74) is 0.972. The summed E-state index contributed by atoms with van der Waals surface area (Å²) >= 11 is 0. The van der Waals surface area contributed by atoms with Crippen molar-refractivity contribution < 1.29 is 22.3 Å². The van der Waals surface area contributed by atoms with Crippen molar-refractivity contribution in [3.63, 3.8) is 0 Å². The van der Waals surface area contributed by atoms with Crippen molar-refractivity contribution in [2.75, 3.05) is 13.7 Å². The number of benzene rings is 2. The van der Waals surface area contributed by atoms with Gasteiger partial charge in [0.2, 0.25) is 10.0 Å². The van der Waals surface area contributed by atoms with Crippen molar-refractivity contribution >= 4 is 16.0 Å². The number of hydrogen-bond acceptors (Lipinski definition) is 4. The molecule has 0 radical (unpaired) electrons. The van der Waals surface area contributed by atoms with Crippen molar-refractivity contribution in [2.24, 2.45) is 0 Å². The number of rotatable bonds is 6. The van der Waals surface area contributed by atoms with Gasteiger partial charge in [0.15, 0.2) is 0 Å². The van der Waals surface area contributed by atoms with E-state index in [1.54, 1.807) is 12.1 Å². The smallest absolute Gasteiger partial charge is 0.337 e. The summed E-state index contributed by atoms with van der Waals surface area (Å²) in [4.78, 5) is 11.4. The molecule has 122 valence electrons. The van der Waals surface area contributed by atoms with Gasteiger partial charge in [-0.05, 0) is 48.4 Å². The van der Waals surface area contributed by atoms with Crippen molar-refractivity contribution in [2.45, 2.75) is 11.3 Å². The van der Waals surface area contributed by atoms with Crippen LogP contribution in [0.3, 0.4) is 0 Å². The van der Waals surface area contributed by atoms with Gasteiger partial charge in [-0.15, -0.1) is 0 Å². The highest BCUT2D eigenvalue weighted by Gasteiger charge is 2.14. The molecule has 0 aromatic heterocycles. The molecule has 0 unspecified atom stereocenters. The Morgan fingerprint density at radius 2 is 1.87 bits per heavy atom. The Morgan fingerprint density at radius 3 is 2.48 bits per heavy atom. The van der Waals surface area contributed by atoms with Gasteiger partial charge in [0.1, 0.15) is 5.82 Å². The maximum atomic E-state index is 13.0. The van der Waals surface area contributed by atoms with E-state index < -0.39 is 16.0 Å². The van der Waals surface area contributed by atoms with Gasteiger partial charge in [-0.25, -0.2) is 22.3 Å². The average molecular weight is 337 g/mol. The number of carbonyl (C=O) groups is 1. The van der Waals surface area contributed by atoms with Crippen LogP contribution in [0.25, 0.3) is 0 Å². The summed E-state index contributed by atoms with van der Waals surface area (Å²) in [6.45, 7) is 0.143. The molecule has 0 saturated carbocycles. The zero-order valence-corrected chi connectivity index (χ0v) is 13.3. The zero-order valence-electron chi connectivity index (χ0n) is 12.5. The maximum Gasteiger partial charge on any atom is 0.337 e. The second-order valence-corrected chi connectivity index (χ2v) is 6.56. The lowest BCUT2D eigenvalue weighted by Crippen LogP contribution is -2.26. The first-order valence-corrected chi connectivity index (χ1v) is 8.33. The lowest BCUT2D eigenvalue weighted by Gasteiger charge is -2.07. The van der Waals surface area contributed by atoms with Crippen LogP contribution < -0.4 is 4.72 Å². The number of esters is 1. The summed E-state index contributed by atoms with van der Waals surface area (Å²) in [6.07, 6.45) is 0.372. The van der Waals surface area contributed by atoms with Crippen molar-refractivity contribution in [3.8, 4) is 0 Å². The van der Waals surface area contributed by atoms with Gasteiger partial charge in [0.05, 0.1) is 17.6 Å². The molecule has 0 aliphatic carbocycles. The molecule has 0 aliphatic rings. The molecule has 0 fully saturated rings. The van der Waals surface area contributed by atoms with Crippen LogP contribution in [-0.2, 0) is 21.2 Å². The van der Waals surface area contributed by atoms with Crippen LogP contribution in [0, 0.1) is 5.82 Å². The monoisotopic (exact) mass is 337 g/mol. The first kappa shape index (κ1) is 17.1. The predicted molar refractivity (Wildman–Crippen MR) is 83.1 cm³/mol. The van der Waals surface area contributed by atoms with E-state index >= 15 is 0 Å². The molecule has 1 N–H and O–H groups in total. The molecule has 0 heterocycles. The van der Waals surface area contributed by atoms with E-state index in [4.69, 9.17) is 0 Å². The zero-order chi connectivity index (χ0) is 16.9. The van der Waals surface area contributed by atoms with E-state index in [9.17, 15) is 17.6 Å². The minimum Gasteiger partial charge on any atom is -0.465 e. The van der Waals surface area contributed by atoms with Crippen LogP contribution in [0.1, 0.15) is 15.9 Å². The van der Waals surface area contributed by atoms with Crippen LogP contribution in [0.2, 0.25) is 0 Å². The summed E-state index contributed by atoms with van der Waals surface area (Å²) in [5, 5.41) is 0. The van der Waals surface area contributed by atoms with Crippen molar-refractivity contribution in [1.82, 2.24) is 4.72 Å². The van der Waals surface area contributed by atoms with Crippen molar-refractivity contribution in [1.29, 1.82) is 0 Å². The van der Waals surface area contributed by atoms with Gasteiger partial charge >= 0.3 is 5.97 Å². The third-order valence-corrected chi connectivity index (χ3v) is 4.66. The van der Waals surface area contributed by atoms with E-state index in [-0.39, 0.29) is 22.8 Å². The second-order valence-electron chi connectivity index (χ2n) is 4.79. The molecule has 0 spiro atoms. The van der Waals surface area contributed by atoms with Gasteiger partial charge in [-0.1, -0.05) is 12.1 Å². The average Bonchev–Trinajstić information content (AvgIpc) is 2.54. The molecule has 0 bridgehead atoms. The summed E-state index contributed by atoms with van der Waals surface area (Å²) in [7, 11) is -2.43. The molecule has 0 atom stereocenters. The van der Waals surface area contributed by atoms with Gasteiger partial charge in [0.25, 0.3) is 0 Å². The molecule has 0 amide bonds. The van der Waals surface area contributed by atoms with E-state index in [1.807, 2.05) is 0 Å². The van der Waals surface area contributed by atoms with Crippen molar-refractivity contribution in [3.05, 3.63) is 65.5 Å². The van der Waals surface area contributed by atoms with Gasteiger partial charge < -0.3 is 4.74 Å². The van der Waals surface area contributed by atoms with Crippen LogP contribution in [0.15, 0.2) is 53.4 Å². The highest BCUT2D eigenvalue weighted by Crippen LogP contribution is 2.11. The van der Waals surface area contributed by atoms with Crippen LogP contribution in [0.5, 0.6) is 0 Å². The van der Waals surface area contributed by atoms with E-state index in [0.29, 0.717) is 12.0 Å². The number of sulfonamides is 1. The molecule has 7 heteroatoms. The maximum absolute atomic E-state index is 13.0. The van der Waals surface area contributed by atoms with E-state index in [2.05, 4.69) is 9.46 Å². The number of methoxy groups -OCH3 is 1. The molecule has 5 nitrogen and oxygen atoms in total. The molecule has 2 rings (SSSR count). The Morgan fingerprint density at radius 1 is 1.17 bits per heavy atom. The number of hydrogen-bond donors (Lipinski definition) is 1. The Kier molecular flexibility index (Phi) is 5.46. The fourth-order valence-electron chi connectivity index (χ4n) is 1.99. The number of halogens is 1. The van der Waals surface area contributed by atoms with Crippen LogP contribution >= 0.6 is 0 Å². The largest absolute Gasteiger partial charge is 0.465 e. The lowest BCUT2D eigenvalue weighted by molar-refractivity contribution is 0.0600. The Hall–Kier alpha value is -2.25. The third-order valence-electron chi connectivity index (χ3n) is 3.18. The summed E-state index contributed by atoms with van der Waals surface area (Å²) in [5.74, 6) is -0.892. The third kappa shape index (κ3) is 4.61. The highest BCUT2D eigenvalue weighted by molar-refractivity contribution is 7.89. The molecule has 23 heavy (non-hydrogen) atoms. The Balaban J connectivity index is 2.00. The lowest BCUT2D eigenvalue weighted by atomic mass is 10.1. The quantitative estimate of drug-likeness (QED) is 0.820. The highest BCUT2D eigenvalue weighted by atomic mass is 32.2. The number of ether oxygens (including phenoxy) is 1. The van der Waals surface area contributed by atoms with Gasteiger partial charge in [-0.2, -0.15) is 0 Å². The fourth-order valence-corrected chi connectivity index (χ4v) is 3.03. The number of carbonyl (C=O) groups excluding carboxylic acids is 1. The van der Waals surface area contributed by atoms with Crippen LogP contribution in [-0.4, -0.2) is 28.0 Å². The molecule has 2 aromatic rings. The molecular formula is C16H16FNO4S. The first-order valence-electron chi connectivity index (χ1n) is 6.85. The SMILES string of the molecule is COC(=O)c1ccc(S(=O)(=O)NCCc2cccc(F)c2)cc1. The summed E-state index contributed by atoms with van der Waals surface area (Å²) in [6, 6.07) is 11.4. The normalized spacial score (nSPS) is 11.2. The predicted octanol–water partition coefficient (Wildman–Crippen LogP) is 2.13. The van der Waals surface area contributed by atoms with E-state index in [1.165, 1.54) is 43.5 Å². The molecule has 2 aromatic carbocycles. The molecular weight excluding hydrogens is 321 g/mol. The first-order chi connectivity index (χ1) is 10.9. The standard InChI is InChI=1S/C16H16FNO4S/c1-22-16(19)13-5-7-15(8-6-13)23(20,21)18-10-9-12-3-2-4-14(17)11-12/h2-8,11,18H,9-10H2,1H3. The minimum atomic E-state index is -3.69. The summed E-state index contributed by atoms with van der Waals surface area (Å²) < 4.78 is 44.3. The Bertz CT molecular complexity index is 788. The molecule has 0 aliphatic heterocycles. The fraction of sp³-hybridized carbons (Fsp3) is 0.188. The van der Waals surface area contributed by atoms with Crippen LogP contribution in [0.4, 0.5) is 4.39 Å². The topological polar surface area (TPSA) is 72.5 Å². The van der Waals surface area contributed by atoms with Gasteiger partial charge in [0, 0.05) is 6.54 Å². The molecule has 0 saturated heterocycles. The second kappa shape index (κ2) is 7.34. The number of nitrogens with one attached hydrogen (secondary N) is 1. The van der Waals surface area contributed by atoms with Gasteiger partial charge in [-0.3, -0.25) is 0 Å².